The quantitative estimate of drug-likeness (QED) is 0.816. The van der Waals surface area contributed by atoms with Crippen molar-refractivity contribution in [1.29, 1.82) is 0 Å². The van der Waals surface area contributed by atoms with Gasteiger partial charge in [0.25, 0.3) is 0 Å². The summed E-state index contributed by atoms with van der Waals surface area (Å²) in [6, 6.07) is 2.03. The number of ether oxygens (including phenoxy) is 1. The first-order chi connectivity index (χ1) is 6.74. The van der Waals surface area contributed by atoms with Crippen molar-refractivity contribution in [2.75, 3.05) is 7.11 Å². The maximum absolute atomic E-state index is 10.4. The van der Waals surface area contributed by atoms with Gasteiger partial charge in [-0.15, -0.1) is 0 Å². The van der Waals surface area contributed by atoms with Crippen molar-refractivity contribution in [3.8, 4) is 0 Å². The van der Waals surface area contributed by atoms with E-state index in [4.69, 9.17) is 4.74 Å². The minimum Gasteiger partial charge on any atom is -0.385 e. The third-order valence-electron chi connectivity index (χ3n) is 3.15. The summed E-state index contributed by atoms with van der Waals surface area (Å²) in [5.74, 6) is 0. The second-order valence-corrected chi connectivity index (χ2v) is 4.76. The molecule has 0 aromatic carbocycles. The predicted molar refractivity (Wildman–Crippen MR) is 57.5 cm³/mol. The Labute approximate surface area is 88.5 Å². The van der Waals surface area contributed by atoms with Gasteiger partial charge in [0.2, 0.25) is 0 Å². The van der Waals surface area contributed by atoms with Gasteiger partial charge < -0.3 is 9.84 Å². The minimum atomic E-state index is -0.588. The Balaban J connectivity index is 2.06. The summed E-state index contributed by atoms with van der Waals surface area (Å²) in [7, 11) is 1.75. The Morgan fingerprint density at radius 2 is 2.21 bits per heavy atom. The molecule has 3 heteroatoms. The van der Waals surface area contributed by atoms with Crippen LogP contribution in [-0.2, 0) is 10.3 Å². The van der Waals surface area contributed by atoms with Crippen LogP contribution in [0.25, 0.3) is 0 Å². The lowest BCUT2D eigenvalue weighted by atomic mass is 9.79. The van der Waals surface area contributed by atoms with Crippen LogP contribution in [0, 0.1) is 0 Å². The lowest BCUT2D eigenvalue weighted by Gasteiger charge is -2.35. The van der Waals surface area contributed by atoms with Gasteiger partial charge in [-0.05, 0) is 48.1 Å². The molecule has 0 unspecified atom stereocenters. The monoisotopic (exact) mass is 212 g/mol. The van der Waals surface area contributed by atoms with Gasteiger partial charge in [-0.2, -0.15) is 11.3 Å². The first kappa shape index (κ1) is 10.1. The van der Waals surface area contributed by atoms with Crippen molar-refractivity contribution < 1.29 is 9.84 Å². The van der Waals surface area contributed by atoms with E-state index in [1.807, 2.05) is 16.8 Å². The fourth-order valence-electron chi connectivity index (χ4n) is 2.12. The number of rotatable bonds is 2. The van der Waals surface area contributed by atoms with Gasteiger partial charge >= 0.3 is 0 Å². The zero-order valence-electron chi connectivity index (χ0n) is 8.40. The number of methoxy groups -OCH3 is 1. The number of hydrogen-bond acceptors (Lipinski definition) is 3. The molecule has 0 aliphatic heterocycles. The highest BCUT2D eigenvalue weighted by Gasteiger charge is 2.34. The molecule has 0 amide bonds. The van der Waals surface area contributed by atoms with Gasteiger partial charge in [0.15, 0.2) is 0 Å². The third kappa shape index (κ3) is 1.85. The maximum atomic E-state index is 10.4. The minimum absolute atomic E-state index is 0.342. The van der Waals surface area contributed by atoms with Gasteiger partial charge in [-0.25, -0.2) is 0 Å². The van der Waals surface area contributed by atoms with E-state index in [1.165, 1.54) is 0 Å². The summed E-state index contributed by atoms with van der Waals surface area (Å²) in [5.41, 5.74) is 0.492. The standard InChI is InChI=1S/C11H16O2S/c1-13-10-2-5-11(12,6-3-10)9-4-7-14-8-9/h4,7-8,10,12H,2-3,5-6H2,1H3. The number of thiophene rings is 1. The number of hydrogen-bond donors (Lipinski definition) is 1. The SMILES string of the molecule is COC1CCC(O)(c2ccsc2)CC1. The number of aliphatic hydroxyl groups is 1. The Bertz CT molecular complexity index is 273. The Morgan fingerprint density at radius 1 is 1.50 bits per heavy atom. The van der Waals surface area contributed by atoms with Crippen LogP contribution in [0.2, 0.25) is 0 Å². The molecule has 0 radical (unpaired) electrons. The van der Waals surface area contributed by atoms with E-state index in [1.54, 1.807) is 18.4 Å². The highest BCUT2D eigenvalue weighted by Crippen LogP contribution is 2.38. The molecule has 0 atom stereocenters. The second kappa shape index (κ2) is 4.01. The lowest BCUT2D eigenvalue weighted by molar-refractivity contribution is -0.0471. The normalized spacial score (nSPS) is 33.1. The van der Waals surface area contributed by atoms with Crippen molar-refractivity contribution >= 4 is 11.3 Å². The Morgan fingerprint density at radius 3 is 2.71 bits per heavy atom. The van der Waals surface area contributed by atoms with Crippen molar-refractivity contribution in [3.63, 3.8) is 0 Å². The molecule has 1 aliphatic rings. The van der Waals surface area contributed by atoms with E-state index in [9.17, 15) is 5.11 Å². The molecule has 1 N–H and O–H groups in total. The molecular formula is C11H16O2S. The molecule has 1 aliphatic carbocycles. The highest BCUT2D eigenvalue weighted by molar-refractivity contribution is 7.08. The first-order valence-corrected chi connectivity index (χ1v) is 5.97. The molecule has 1 aromatic rings. The van der Waals surface area contributed by atoms with Crippen LogP contribution in [0.1, 0.15) is 31.2 Å². The molecule has 14 heavy (non-hydrogen) atoms. The summed E-state index contributed by atoms with van der Waals surface area (Å²) in [5, 5.41) is 14.5. The summed E-state index contributed by atoms with van der Waals surface area (Å²) in [6.45, 7) is 0. The smallest absolute Gasteiger partial charge is 0.0906 e. The van der Waals surface area contributed by atoms with Crippen molar-refractivity contribution in [3.05, 3.63) is 22.4 Å². The summed E-state index contributed by atoms with van der Waals surface area (Å²) < 4.78 is 5.29. The van der Waals surface area contributed by atoms with Gasteiger partial charge in [0.1, 0.15) is 0 Å². The molecule has 78 valence electrons. The van der Waals surface area contributed by atoms with E-state index in [-0.39, 0.29) is 0 Å². The van der Waals surface area contributed by atoms with Crippen LogP contribution in [-0.4, -0.2) is 18.3 Å². The van der Waals surface area contributed by atoms with Gasteiger partial charge in [0.05, 0.1) is 11.7 Å². The van der Waals surface area contributed by atoms with E-state index in [0.717, 1.165) is 31.2 Å². The van der Waals surface area contributed by atoms with Gasteiger partial charge in [-0.3, -0.25) is 0 Å². The second-order valence-electron chi connectivity index (χ2n) is 3.98. The lowest BCUT2D eigenvalue weighted by Crippen LogP contribution is -2.33. The zero-order chi connectivity index (χ0) is 10.0. The fraction of sp³-hybridized carbons (Fsp3) is 0.636. The van der Waals surface area contributed by atoms with Crippen molar-refractivity contribution in [1.82, 2.24) is 0 Å². The molecule has 0 saturated heterocycles. The van der Waals surface area contributed by atoms with Gasteiger partial charge in [-0.1, -0.05) is 0 Å². The van der Waals surface area contributed by atoms with Crippen LogP contribution in [0.3, 0.4) is 0 Å². The van der Waals surface area contributed by atoms with Crippen LogP contribution in [0.5, 0.6) is 0 Å². The zero-order valence-corrected chi connectivity index (χ0v) is 9.22. The van der Waals surface area contributed by atoms with E-state index >= 15 is 0 Å². The Kier molecular flexibility index (Phi) is 2.91. The maximum Gasteiger partial charge on any atom is 0.0906 e. The fourth-order valence-corrected chi connectivity index (χ4v) is 2.87. The average molecular weight is 212 g/mol. The molecule has 2 nitrogen and oxygen atoms in total. The van der Waals surface area contributed by atoms with Crippen LogP contribution in [0.15, 0.2) is 16.8 Å². The molecule has 1 saturated carbocycles. The largest absolute Gasteiger partial charge is 0.385 e. The third-order valence-corrected chi connectivity index (χ3v) is 3.83. The van der Waals surface area contributed by atoms with Crippen molar-refractivity contribution in [2.45, 2.75) is 37.4 Å². The molecule has 1 heterocycles. The molecular weight excluding hydrogens is 196 g/mol. The molecule has 1 aromatic heterocycles. The summed E-state index contributed by atoms with van der Waals surface area (Å²) in [6.07, 6.45) is 3.91. The van der Waals surface area contributed by atoms with E-state index in [0.29, 0.717) is 6.10 Å². The molecule has 2 rings (SSSR count). The Hall–Kier alpha value is -0.380. The average Bonchev–Trinajstić information content (AvgIpc) is 2.72. The molecule has 0 spiro atoms. The van der Waals surface area contributed by atoms with Crippen LogP contribution >= 0.6 is 11.3 Å². The summed E-state index contributed by atoms with van der Waals surface area (Å²) in [4.78, 5) is 0. The molecule has 1 fully saturated rings. The van der Waals surface area contributed by atoms with E-state index in [2.05, 4.69) is 0 Å². The van der Waals surface area contributed by atoms with Crippen molar-refractivity contribution in [2.24, 2.45) is 0 Å². The predicted octanol–water partition coefficient (Wildman–Crippen LogP) is 2.52. The van der Waals surface area contributed by atoms with Gasteiger partial charge in [0, 0.05) is 7.11 Å². The molecule has 0 bridgehead atoms. The van der Waals surface area contributed by atoms with Crippen LogP contribution in [0.4, 0.5) is 0 Å². The highest BCUT2D eigenvalue weighted by atomic mass is 32.1. The first-order valence-electron chi connectivity index (χ1n) is 5.02. The van der Waals surface area contributed by atoms with Crippen LogP contribution < -0.4 is 0 Å². The summed E-state index contributed by atoms with van der Waals surface area (Å²) >= 11 is 1.65. The topological polar surface area (TPSA) is 29.5 Å². The van der Waals surface area contributed by atoms with E-state index < -0.39 is 5.60 Å².